The Balaban J connectivity index is 1.22. The third-order valence-corrected chi connectivity index (χ3v) is 7.72. The zero-order chi connectivity index (χ0) is 28.4. The molecular weight excluding hydrogens is 527 g/mol. The minimum Gasteiger partial charge on any atom is -0.481 e. The van der Waals surface area contributed by atoms with Crippen LogP contribution in [-0.4, -0.2) is 45.9 Å². The molecule has 8 nitrogen and oxygen atoms in total. The fourth-order valence-corrected chi connectivity index (χ4v) is 5.62. The van der Waals surface area contributed by atoms with E-state index in [-0.39, 0.29) is 17.7 Å². The summed E-state index contributed by atoms with van der Waals surface area (Å²) in [7, 11) is 0. The van der Waals surface area contributed by atoms with Gasteiger partial charge in [-0.05, 0) is 61.4 Å². The number of anilines is 1. The second kappa shape index (κ2) is 11.1. The summed E-state index contributed by atoms with van der Waals surface area (Å²) in [5, 5.41) is 11.9. The Morgan fingerprint density at radius 1 is 0.925 bits per heavy atom. The topological polar surface area (TPSA) is 113 Å². The molecule has 1 aliphatic carbocycles. The number of carboxylic acid groups (broad SMARTS) is 1. The lowest BCUT2D eigenvalue weighted by Gasteiger charge is -2.34. The summed E-state index contributed by atoms with van der Waals surface area (Å²) in [5.41, 5.74) is 0.756. The van der Waals surface area contributed by atoms with E-state index >= 15 is 0 Å². The zero-order valence-corrected chi connectivity index (χ0v) is 21.5. The Hall–Kier alpha value is -4.15. The van der Waals surface area contributed by atoms with Crippen molar-refractivity contribution in [1.29, 1.82) is 0 Å². The lowest BCUT2D eigenvalue weighted by Crippen LogP contribution is -2.43. The molecule has 0 bridgehead atoms. The van der Waals surface area contributed by atoms with Crippen molar-refractivity contribution in [2.75, 3.05) is 18.4 Å². The van der Waals surface area contributed by atoms with Crippen molar-refractivity contribution >= 4 is 23.5 Å². The number of alkyl halides is 3. The molecule has 40 heavy (non-hydrogen) atoms. The van der Waals surface area contributed by atoms with Gasteiger partial charge in [-0.15, -0.1) is 0 Å². The Kier molecular flexibility index (Phi) is 7.64. The minimum absolute atomic E-state index is 0.0806. The maximum Gasteiger partial charge on any atom is 0.452 e. The first-order valence-corrected chi connectivity index (χ1v) is 13.2. The van der Waals surface area contributed by atoms with E-state index < -0.39 is 41.3 Å². The van der Waals surface area contributed by atoms with Crippen LogP contribution in [0.3, 0.4) is 0 Å². The van der Waals surface area contributed by atoms with Crippen LogP contribution in [0.25, 0.3) is 11.5 Å². The summed E-state index contributed by atoms with van der Waals surface area (Å²) in [4.78, 5) is 42.8. The molecule has 2 N–H and O–H groups in total. The molecule has 11 heteroatoms. The van der Waals surface area contributed by atoms with Crippen molar-refractivity contribution in [1.82, 2.24) is 9.88 Å². The van der Waals surface area contributed by atoms with Gasteiger partial charge in [0.1, 0.15) is 0 Å². The molecule has 1 saturated carbocycles. The Labute approximate surface area is 228 Å². The molecule has 0 spiro atoms. The number of nitrogens with one attached hydrogen (secondary N) is 1. The van der Waals surface area contributed by atoms with Crippen molar-refractivity contribution in [3.8, 4) is 11.5 Å². The van der Waals surface area contributed by atoms with Gasteiger partial charge in [-0.1, -0.05) is 36.8 Å². The summed E-state index contributed by atoms with van der Waals surface area (Å²) in [6.45, 7) is 1.06. The molecular formula is C29H28F3N3O5. The lowest BCUT2D eigenvalue weighted by molar-refractivity contribution is -0.153. The van der Waals surface area contributed by atoms with Crippen LogP contribution >= 0.6 is 0 Å². The molecule has 2 aromatic carbocycles. The smallest absolute Gasteiger partial charge is 0.452 e. The van der Waals surface area contributed by atoms with Crippen molar-refractivity contribution in [3.63, 3.8) is 0 Å². The number of aliphatic carboxylic acids is 1. The van der Waals surface area contributed by atoms with Crippen molar-refractivity contribution in [2.45, 2.75) is 44.2 Å². The van der Waals surface area contributed by atoms with Crippen LogP contribution < -0.4 is 5.32 Å². The van der Waals surface area contributed by atoms with Gasteiger partial charge in [-0.3, -0.25) is 14.4 Å². The van der Waals surface area contributed by atoms with E-state index in [1.54, 1.807) is 47.4 Å². The fraction of sp³-hybridized carbons (Fsp3) is 0.379. The Morgan fingerprint density at radius 3 is 2.20 bits per heavy atom. The van der Waals surface area contributed by atoms with Gasteiger partial charge >= 0.3 is 12.1 Å². The van der Waals surface area contributed by atoms with Gasteiger partial charge in [0.05, 0.1) is 11.8 Å². The van der Waals surface area contributed by atoms with Crippen LogP contribution in [0.5, 0.6) is 0 Å². The quantitative estimate of drug-likeness (QED) is 0.396. The number of likely N-dealkylation sites (tertiary alicyclic amines) is 1. The van der Waals surface area contributed by atoms with Crippen LogP contribution in [0.15, 0.2) is 59.0 Å². The molecule has 2 fully saturated rings. The zero-order valence-electron chi connectivity index (χ0n) is 21.5. The molecule has 2 amide bonds. The summed E-state index contributed by atoms with van der Waals surface area (Å²) < 4.78 is 45.7. The number of piperidine rings is 1. The number of benzene rings is 2. The lowest BCUT2D eigenvalue weighted by atomic mass is 9.88. The Morgan fingerprint density at radius 2 is 1.57 bits per heavy atom. The van der Waals surface area contributed by atoms with Crippen molar-refractivity contribution < 1.29 is 37.1 Å². The number of carbonyl (C=O) groups excluding carboxylic acids is 2. The normalized spacial score (nSPS) is 19.9. The van der Waals surface area contributed by atoms with E-state index in [9.17, 15) is 32.7 Å². The standard InChI is InChI=1S/C29H28F3N3O5/c30-29(31,32)24-23(34-26(40-24)19-5-2-1-3-6-19)25(36)33-20-11-9-17(10-12-20)18-13-15-35(16-14-18)27(37)21-7-4-8-22(21)28(38)39/h1-3,5-6,9-12,18,21-22H,4,7-8,13-16H2,(H,33,36)(H,38,39)/t21-,22-/m1/s1. The van der Waals surface area contributed by atoms with Crippen LogP contribution in [0.2, 0.25) is 0 Å². The van der Waals surface area contributed by atoms with Gasteiger partial charge in [0.2, 0.25) is 17.6 Å². The van der Waals surface area contributed by atoms with Gasteiger partial charge in [0.25, 0.3) is 5.91 Å². The molecule has 0 radical (unpaired) electrons. The number of carbonyl (C=O) groups is 3. The molecule has 2 heterocycles. The number of hydrogen-bond acceptors (Lipinski definition) is 5. The van der Waals surface area contributed by atoms with Gasteiger partial charge < -0.3 is 19.7 Å². The number of hydrogen-bond donors (Lipinski definition) is 2. The monoisotopic (exact) mass is 555 g/mol. The average molecular weight is 556 g/mol. The number of amides is 2. The second-order valence-electron chi connectivity index (χ2n) is 10.2. The van der Waals surface area contributed by atoms with Crippen molar-refractivity contribution in [3.05, 3.63) is 71.6 Å². The van der Waals surface area contributed by atoms with E-state index in [0.717, 1.165) is 12.0 Å². The molecule has 2 aliphatic rings. The van der Waals surface area contributed by atoms with Crippen LogP contribution in [-0.2, 0) is 15.8 Å². The van der Waals surface area contributed by atoms with E-state index in [2.05, 4.69) is 10.3 Å². The summed E-state index contributed by atoms with van der Waals surface area (Å²) in [6.07, 6.45) is -1.60. The molecule has 3 aromatic rings. The molecule has 0 unspecified atom stereocenters. The largest absolute Gasteiger partial charge is 0.481 e. The number of carboxylic acids is 1. The maximum absolute atomic E-state index is 13.6. The molecule has 1 aromatic heterocycles. The highest BCUT2D eigenvalue weighted by molar-refractivity contribution is 6.04. The van der Waals surface area contributed by atoms with E-state index in [1.165, 1.54) is 12.1 Å². The SMILES string of the molecule is O=C(Nc1ccc(C2CCN(C(=O)[C@@H]3CCC[C@H]3C(=O)O)CC2)cc1)c1nc(-c2ccccc2)oc1C(F)(F)F. The summed E-state index contributed by atoms with van der Waals surface area (Å²) >= 11 is 0. The maximum atomic E-state index is 13.6. The number of oxazole rings is 1. The fourth-order valence-electron chi connectivity index (χ4n) is 5.62. The van der Waals surface area contributed by atoms with Gasteiger partial charge in [-0.2, -0.15) is 13.2 Å². The third-order valence-electron chi connectivity index (χ3n) is 7.72. The van der Waals surface area contributed by atoms with Crippen LogP contribution in [0, 0.1) is 11.8 Å². The van der Waals surface area contributed by atoms with Crippen molar-refractivity contribution in [2.24, 2.45) is 11.8 Å². The number of halogens is 3. The van der Waals surface area contributed by atoms with E-state index in [0.29, 0.717) is 50.0 Å². The first kappa shape index (κ1) is 27.4. The second-order valence-corrected chi connectivity index (χ2v) is 10.2. The van der Waals surface area contributed by atoms with Crippen LogP contribution in [0.4, 0.5) is 18.9 Å². The molecule has 1 saturated heterocycles. The Bertz CT molecular complexity index is 1380. The highest BCUT2D eigenvalue weighted by Gasteiger charge is 2.42. The molecule has 210 valence electrons. The van der Waals surface area contributed by atoms with Gasteiger partial charge in [0.15, 0.2) is 5.69 Å². The number of nitrogens with zero attached hydrogens (tertiary/aromatic N) is 2. The molecule has 5 rings (SSSR count). The minimum atomic E-state index is -4.90. The summed E-state index contributed by atoms with van der Waals surface area (Å²) in [6, 6.07) is 14.9. The molecule has 1 aliphatic heterocycles. The predicted molar refractivity (Wildman–Crippen MR) is 138 cm³/mol. The van der Waals surface area contributed by atoms with E-state index in [1.807, 2.05) is 0 Å². The average Bonchev–Trinajstić information content (AvgIpc) is 3.62. The highest BCUT2D eigenvalue weighted by Crippen LogP contribution is 2.37. The van der Waals surface area contributed by atoms with Gasteiger partial charge in [0, 0.05) is 24.3 Å². The highest BCUT2D eigenvalue weighted by atomic mass is 19.4. The van der Waals surface area contributed by atoms with E-state index in [4.69, 9.17) is 4.42 Å². The molecule has 2 atom stereocenters. The van der Waals surface area contributed by atoms with Gasteiger partial charge in [-0.25, -0.2) is 4.98 Å². The third kappa shape index (κ3) is 5.73. The summed E-state index contributed by atoms with van der Waals surface area (Å²) in [5.74, 6) is -4.70. The first-order chi connectivity index (χ1) is 19.1. The number of aromatic nitrogens is 1. The number of rotatable bonds is 6. The van der Waals surface area contributed by atoms with Crippen LogP contribution in [0.1, 0.15) is 59.8 Å². The first-order valence-electron chi connectivity index (χ1n) is 13.2. The predicted octanol–water partition coefficient (Wildman–Crippen LogP) is 5.82.